The molecule has 21 heavy (non-hydrogen) atoms. The van der Waals surface area contributed by atoms with Gasteiger partial charge in [0.25, 0.3) is 0 Å². The Morgan fingerprint density at radius 2 is 2.05 bits per heavy atom. The Morgan fingerprint density at radius 1 is 1.24 bits per heavy atom. The topological polar surface area (TPSA) is 21.3 Å². The van der Waals surface area contributed by atoms with Gasteiger partial charge in [0.2, 0.25) is 0 Å². The molecule has 3 atom stereocenters. The zero-order valence-corrected chi connectivity index (χ0v) is 14.1. The van der Waals surface area contributed by atoms with Crippen LogP contribution in [0.25, 0.3) is 0 Å². The molecule has 1 aromatic carbocycles. The molecular weight excluding hydrogens is 258 g/mol. The van der Waals surface area contributed by atoms with E-state index in [0.29, 0.717) is 6.04 Å². The lowest BCUT2D eigenvalue weighted by Gasteiger charge is -2.26. The predicted molar refractivity (Wildman–Crippen MR) is 89.7 cm³/mol. The molecule has 118 valence electrons. The first-order valence-corrected chi connectivity index (χ1v) is 8.64. The number of benzene rings is 1. The fourth-order valence-corrected chi connectivity index (χ4v) is 3.62. The molecule has 0 bridgehead atoms. The van der Waals surface area contributed by atoms with Crippen molar-refractivity contribution in [3.8, 4) is 5.75 Å². The van der Waals surface area contributed by atoms with Gasteiger partial charge in [-0.1, -0.05) is 38.8 Å². The van der Waals surface area contributed by atoms with Crippen molar-refractivity contribution >= 4 is 0 Å². The number of rotatable bonds is 7. The molecule has 1 aliphatic rings. The molecule has 1 aliphatic carbocycles. The van der Waals surface area contributed by atoms with E-state index < -0.39 is 0 Å². The minimum Gasteiger partial charge on any atom is -0.491 e. The Labute approximate surface area is 130 Å². The predicted octanol–water partition coefficient (Wildman–Crippen LogP) is 4.95. The molecule has 3 unspecified atom stereocenters. The molecule has 1 saturated carbocycles. The van der Waals surface area contributed by atoms with Crippen LogP contribution >= 0.6 is 0 Å². The van der Waals surface area contributed by atoms with Gasteiger partial charge in [0.1, 0.15) is 5.75 Å². The van der Waals surface area contributed by atoms with E-state index in [1.165, 1.54) is 31.2 Å². The van der Waals surface area contributed by atoms with Gasteiger partial charge in [0.15, 0.2) is 0 Å². The van der Waals surface area contributed by atoms with Crippen LogP contribution in [-0.2, 0) is 0 Å². The van der Waals surface area contributed by atoms with Gasteiger partial charge in [0, 0.05) is 6.04 Å². The number of nitrogens with one attached hydrogen (secondary N) is 1. The van der Waals surface area contributed by atoms with Gasteiger partial charge >= 0.3 is 0 Å². The zero-order valence-electron chi connectivity index (χ0n) is 14.1. The summed E-state index contributed by atoms with van der Waals surface area (Å²) in [5, 5.41) is 3.71. The van der Waals surface area contributed by atoms with E-state index in [1.807, 2.05) is 0 Å². The first kappa shape index (κ1) is 16.4. The van der Waals surface area contributed by atoms with Crippen molar-refractivity contribution in [2.45, 2.75) is 65.5 Å². The molecule has 0 amide bonds. The summed E-state index contributed by atoms with van der Waals surface area (Å²) in [6, 6.07) is 9.15. The summed E-state index contributed by atoms with van der Waals surface area (Å²) >= 11 is 0. The second-order valence-electron chi connectivity index (χ2n) is 6.62. The van der Waals surface area contributed by atoms with E-state index in [0.717, 1.165) is 24.1 Å². The normalized spacial score (nSPS) is 23.5. The minimum absolute atomic E-state index is 0.230. The fraction of sp³-hybridized carbons (Fsp3) is 0.684. The van der Waals surface area contributed by atoms with Crippen LogP contribution in [-0.4, -0.2) is 12.6 Å². The highest BCUT2D eigenvalue weighted by molar-refractivity contribution is 5.31. The van der Waals surface area contributed by atoms with Crippen molar-refractivity contribution in [1.29, 1.82) is 0 Å². The average Bonchev–Trinajstić information content (AvgIpc) is 2.93. The lowest BCUT2D eigenvalue weighted by molar-refractivity contribution is 0.241. The van der Waals surface area contributed by atoms with Crippen LogP contribution in [0, 0.1) is 11.8 Å². The Morgan fingerprint density at radius 3 is 2.67 bits per heavy atom. The third-order valence-corrected chi connectivity index (χ3v) is 4.64. The largest absolute Gasteiger partial charge is 0.491 e. The summed E-state index contributed by atoms with van der Waals surface area (Å²) in [6.45, 7) is 9.71. The van der Waals surface area contributed by atoms with Crippen LogP contribution in [0.2, 0.25) is 0 Å². The molecule has 2 heteroatoms. The number of hydrogen-bond acceptors (Lipinski definition) is 2. The van der Waals surface area contributed by atoms with Crippen molar-refractivity contribution < 1.29 is 4.74 Å². The van der Waals surface area contributed by atoms with Gasteiger partial charge in [-0.05, 0) is 62.8 Å². The van der Waals surface area contributed by atoms with E-state index in [1.54, 1.807) is 0 Å². The molecule has 0 spiro atoms. The Balaban J connectivity index is 2.14. The molecule has 0 saturated heterocycles. The lowest BCUT2D eigenvalue weighted by Crippen LogP contribution is -2.27. The van der Waals surface area contributed by atoms with E-state index in [-0.39, 0.29) is 6.10 Å². The first-order valence-electron chi connectivity index (χ1n) is 8.64. The van der Waals surface area contributed by atoms with Gasteiger partial charge in [-0.25, -0.2) is 0 Å². The van der Waals surface area contributed by atoms with Crippen LogP contribution in [0.15, 0.2) is 24.3 Å². The van der Waals surface area contributed by atoms with Crippen molar-refractivity contribution in [2.24, 2.45) is 11.8 Å². The maximum Gasteiger partial charge on any atom is 0.120 e. The third-order valence-electron chi connectivity index (χ3n) is 4.64. The molecule has 1 N–H and O–H groups in total. The second kappa shape index (κ2) is 7.84. The van der Waals surface area contributed by atoms with Crippen molar-refractivity contribution in [3.05, 3.63) is 29.8 Å². The van der Waals surface area contributed by atoms with Crippen molar-refractivity contribution in [1.82, 2.24) is 5.32 Å². The highest BCUT2D eigenvalue weighted by Crippen LogP contribution is 2.40. The number of hydrogen-bond donors (Lipinski definition) is 1. The summed E-state index contributed by atoms with van der Waals surface area (Å²) < 4.78 is 5.86. The summed E-state index contributed by atoms with van der Waals surface area (Å²) in [4.78, 5) is 0. The van der Waals surface area contributed by atoms with Gasteiger partial charge in [0.05, 0.1) is 6.10 Å². The first-order chi connectivity index (χ1) is 10.1. The molecule has 0 aliphatic heterocycles. The molecule has 0 aromatic heterocycles. The standard InChI is InChI=1S/C19H31NO/c1-5-15-10-11-17(12-15)19(20-6-2)16-8-7-9-18(13-16)21-14(3)4/h7-9,13-15,17,19-20H,5-6,10-12H2,1-4H3. The lowest BCUT2D eigenvalue weighted by atomic mass is 9.90. The highest BCUT2D eigenvalue weighted by Gasteiger charge is 2.30. The molecule has 1 fully saturated rings. The van der Waals surface area contributed by atoms with E-state index in [2.05, 4.69) is 57.3 Å². The van der Waals surface area contributed by atoms with Crippen LogP contribution in [0.5, 0.6) is 5.75 Å². The summed E-state index contributed by atoms with van der Waals surface area (Å²) in [6.07, 6.45) is 5.67. The SMILES string of the molecule is CCNC(c1cccc(OC(C)C)c1)C1CCC(CC)C1. The molecular formula is C19H31NO. The van der Waals surface area contributed by atoms with Gasteiger partial charge in [-0.3, -0.25) is 0 Å². The van der Waals surface area contributed by atoms with Crippen LogP contribution in [0.3, 0.4) is 0 Å². The summed E-state index contributed by atoms with van der Waals surface area (Å²) in [5.74, 6) is 2.69. The Bertz CT molecular complexity index is 429. The second-order valence-corrected chi connectivity index (χ2v) is 6.62. The average molecular weight is 289 g/mol. The van der Waals surface area contributed by atoms with Crippen molar-refractivity contribution in [3.63, 3.8) is 0 Å². The summed E-state index contributed by atoms with van der Waals surface area (Å²) in [5.41, 5.74) is 1.39. The van der Waals surface area contributed by atoms with Gasteiger partial charge in [-0.15, -0.1) is 0 Å². The number of ether oxygens (including phenoxy) is 1. The maximum absolute atomic E-state index is 5.86. The maximum atomic E-state index is 5.86. The van der Waals surface area contributed by atoms with Crippen LogP contribution in [0.1, 0.15) is 65.0 Å². The minimum atomic E-state index is 0.230. The van der Waals surface area contributed by atoms with Crippen molar-refractivity contribution in [2.75, 3.05) is 6.54 Å². The van der Waals surface area contributed by atoms with E-state index >= 15 is 0 Å². The van der Waals surface area contributed by atoms with Crippen LogP contribution in [0.4, 0.5) is 0 Å². The van der Waals surface area contributed by atoms with E-state index in [9.17, 15) is 0 Å². The fourth-order valence-electron chi connectivity index (χ4n) is 3.62. The molecule has 0 radical (unpaired) electrons. The Hall–Kier alpha value is -1.02. The van der Waals surface area contributed by atoms with Gasteiger partial charge in [-0.2, -0.15) is 0 Å². The monoisotopic (exact) mass is 289 g/mol. The quantitative estimate of drug-likeness (QED) is 0.766. The third kappa shape index (κ3) is 4.47. The van der Waals surface area contributed by atoms with Crippen LogP contribution < -0.4 is 10.1 Å². The zero-order chi connectivity index (χ0) is 15.2. The Kier molecular flexibility index (Phi) is 6.10. The highest BCUT2D eigenvalue weighted by atomic mass is 16.5. The molecule has 1 aromatic rings. The smallest absolute Gasteiger partial charge is 0.120 e. The summed E-state index contributed by atoms with van der Waals surface area (Å²) in [7, 11) is 0. The van der Waals surface area contributed by atoms with Gasteiger partial charge < -0.3 is 10.1 Å². The molecule has 2 nitrogen and oxygen atoms in total. The molecule has 2 rings (SSSR count). The van der Waals surface area contributed by atoms with E-state index in [4.69, 9.17) is 4.74 Å². The molecule has 0 heterocycles.